The summed E-state index contributed by atoms with van der Waals surface area (Å²) in [7, 11) is 3.10. The van der Waals surface area contributed by atoms with Gasteiger partial charge < -0.3 is 18.8 Å². The van der Waals surface area contributed by atoms with Crippen molar-refractivity contribution in [2.75, 3.05) is 20.8 Å². The minimum absolute atomic E-state index is 0.0611. The van der Waals surface area contributed by atoms with E-state index >= 15 is 0 Å². The first-order chi connectivity index (χ1) is 15.0. The number of methoxy groups -OCH3 is 2. The van der Waals surface area contributed by atoms with Crippen LogP contribution in [0.25, 0.3) is 10.2 Å². The molecule has 0 fully saturated rings. The van der Waals surface area contributed by atoms with Crippen LogP contribution in [0.2, 0.25) is 0 Å². The molecule has 0 aliphatic heterocycles. The number of aromatic nitrogens is 1. The van der Waals surface area contributed by atoms with E-state index in [1.165, 1.54) is 18.4 Å². The number of hydrogen-bond acceptors (Lipinski definition) is 6. The molecule has 1 heterocycles. The lowest BCUT2D eigenvalue weighted by molar-refractivity contribution is -0.117. The minimum atomic E-state index is -0.400. The van der Waals surface area contributed by atoms with E-state index in [1.807, 2.05) is 0 Å². The summed E-state index contributed by atoms with van der Waals surface area (Å²) in [6, 6.07) is 10.4. The fraction of sp³-hybridized carbons (Fsp3) is 0.261. The highest BCUT2D eigenvalue weighted by atomic mass is 32.1. The number of esters is 1. The number of carbonyl (C=O) groups excluding carboxylic acids is 2. The Bertz CT molecular complexity index is 1230. The number of fused-ring (bicyclic) bond motifs is 1. The van der Waals surface area contributed by atoms with Gasteiger partial charge in [-0.25, -0.2) is 4.79 Å². The van der Waals surface area contributed by atoms with Gasteiger partial charge in [-0.1, -0.05) is 23.3 Å². The summed E-state index contributed by atoms with van der Waals surface area (Å²) in [6.07, 6.45) is 5.58. The second kappa shape index (κ2) is 9.96. The molecule has 8 heteroatoms. The lowest BCUT2D eigenvalue weighted by Crippen LogP contribution is -2.17. The molecule has 7 nitrogen and oxygen atoms in total. The highest BCUT2D eigenvalue weighted by molar-refractivity contribution is 7.16. The summed E-state index contributed by atoms with van der Waals surface area (Å²) in [5, 5.41) is 0. The second-order valence-corrected chi connectivity index (χ2v) is 7.45. The fourth-order valence-corrected chi connectivity index (χ4v) is 4.14. The molecule has 3 aromatic rings. The van der Waals surface area contributed by atoms with E-state index in [1.54, 1.807) is 55.0 Å². The smallest absolute Gasteiger partial charge is 0.338 e. The molecule has 0 aliphatic rings. The number of rotatable bonds is 7. The maximum Gasteiger partial charge on any atom is 0.338 e. The number of ether oxygens (including phenoxy) is 3. The first kappa shape index (κ1) is 22.1. The molecule has 0 spiro atoms. The lowest BCUT2D eigenvalue weighted by atomic mass is 10.1. The number of amides is 1. The summed E-state index contributed by atoms with van der Waals surface area (Å²) in [5.74, 6) is 3.03. The standard InChI is InChI=1S/C23H22N2O5S/c1-5-11-25-18-10-8-16(22(27)30-6-2)12-20(18)31-23(25)24-21(26)13-15-7-9-17(28-3)14-19(15)29-4/h1,7-10,12,14H,6,11,13H2,2-4H3. The van der Waals surface area contributed by atoms with Crippen molar-refractivity contribution in [3.05, 3.63) is 52.3 Å². The molecule has 0 N–H and O–H groups in total. The maximum absolute atomic E-state index is 12.7. The van der Waals surface area contributed by atoms with Crippen LogP contribution >= 0.6 is 11.3 Å². The van der Waals surface area contributed by atoms with Crippen molar-refractivity contribution >= 4 is 33.4 Å². The van der Waals surface area contributed by atoms with Gasteiger partial charge in [0.05, 0.1) is 49.6 Å². The third kappa shape index (κ3) is 4.95. The Balaban J connectivity index is 1.98. The zero-order valence-electron chi connectivity index (χ0n) is 17.5. The molecular formula is C23H22N2O5S. The van der Waals surface area contributed by atoms with Gasteiger partial charge in [0.25, 0.3) is 5.91 Å². The third-order valence-electron chi connectivity index (χ3n) is 4.50. The molecule has 160 valence electrons. The summed E-state index contributed by atoms with van der Waals surface area (Å²) in [4.78, 5) is 29.5. The van der Waals surface area contributed by atoms with Gasteiger partial charge in [-0.3, -0.25) is 4.79 Å². The Kier molecular flexibility index (Phi) is 7.11. The van der Waals surface area contributed by atoms with E-state index in [-0.39, 0.29) is 18.9 Å². The molecule has 0 bridgehead atoms. The zero-order valence-corrected chi connectivity index (χ0v) is 18.3. The minimum Gasteiger partial charge on any atom is -0.497 e. The van der Waals surface area contributed by atoms with Crippen LogP contribution in [0.1, 0.15) is 22.8 Å². The molecule has 0 radical (unpaired) electrons. The van der Waals surface area contributed by atoms with Crippen LogP contribution in [0.3, 0.4) is 0 Å². The Morgan fingerprint density at radius 3 is 2.65 bits per heavy atom. The number of terminal acetylenes is 1. The normalized spacial score (nSPS) is 11.2. The van der Waals surface area contributed by atoms with Crippen molar-refractivity contribution in [1.29, 1.82) is 0 Å². The molecule has 2 aromatic carbocycles. The first-order valence-corrected chi connectivity index (χ1v) is 10.3. The van der Waals surface area contributed by atoms with Gasteiger partial charge in [-0.05, 0) is 31.2 Å². The van der Waals surface area contributed by atoms with Crippen molar-refractivity contribution < 1.29 is 23.8 Å². The molecule has 31 heavy (non-hydrogen) atoms. The number of nitrogens with zero attached hydrogens (tertiary/aromatic N) is 2. The highest BCUT2D eigenvalue weighted by Crippen LogP contribution is 2.25. The van der Waals surface area contributed by atoms with Gasteiger partial charge in [0.15, 0.2) is 4.80 Å². The summed E-state index contributed by atoms with van der Waals surface area (Å²) in [6.45, 7) is 2.29. The SMILES string of the molecule is C#CCn1c(=NC(=O)Cc2ccc(OC)cc2OC)sc2cc(C(=O)OCC)ccc21. The summed E-state index contributed by atoms with van der Waals surface area (Å²) >= 11 is 1.29. The Morgan fingerprint density at radius 2 is 1.97 bits per heavy atom. The molecular weight excluding hydrogens is 416 g/mol. The van der Waals surface area contributed by atoms with E-state index in [0.717, 1.165) is 10.2 Å². The van der Waals surface area contributed by atoms with Crippen LogP contribution in [0.4, 0.5) is 0 Å². The number of thiazole rings is 1. The number of benzene rings is 2. The van der Waals surface area contributed by atoms with Gasteiger partial charge >= 0.3 is 5.97 Å². The van der Waals surface area contributed by atoms with E-state index in [4.69, 9.17) is 20.6 Å². The Hall–Kier alpha value is -3.57. The zero-order chi connectivity index (χ0) is 22.4. The van der Waals surface area contributed by atoms with Gasteiger partial charge in [0.2, 0.25) is 0 Å². The van der Waals surface area contributed by atoms with Crippen molar-refractivity contribution in [3.8, 4) is 23.8 Å². The fourth-order valence-electron chi connectivity index (χ4n) is 3.05. The van der Waals surface area contributed by atoms with E-state index in [0.29, 0.717) is 34.0 Å². The van der Waals surface area contributed by atoms with Gasteiger partial charge in [-0.15, -0.1) is 6.42 Å². The molecule has 0 saturated carbocycles. The molecule has 0 atom stereocenters. The Morgan fingerprint density at radius 1 is 1.16 bits per heavy atom. The molecule has 1 amide bonds. The Labute approximate surface area is 183 Å². The quantitative estimate of drug-likeness (QED) is 0.418. The van der Waals surface area contributed by atoms with Crippen LogP contribution < -0.4 is 14.3 Å². The third-order valence-corrected chi connectivity index (χ3v) is 5.54. The summed E-state index contributed by atoms with van der Waals surface area (Å²) < 4.78 is 18.2. The monoisotopic (exact) mass is 438 g/mol. The lowest BCUT2D eigenvalue weighted by Gasteiger charge is -2.08. The van der Waals surface area contributed by atoms with Crippen LogP contribution in [0, 0.1) is 12.3 Å². The van der Waals surface area contributed by atoms with E-state index in [9.17, 15) is 9.59 Å². The average Bonchev–Trinajstić information content (AvgIpc) is 3.10. The predicted molar refractivity (Wildman–Crippen MR) is 118 cm³/mol. The molecule has 3 rings (SSSR count). The van der Waals surface area contributed by atoms with E-state index < -0.39 is 5.97 Å². The van der Waals surface area contributed by atoms with Crippen molar-refractivity contribution in [2.45, 2.75) is 19.9 Å². The first-order valence-electron chi connectivity index (χ1n) is 9.53. The van der Waals surface area contributed by atoms with Crippen LogP contribution in [0.5, 0.6) is 11.5 Å². The van der Waals surface area contributed by atoms with Crippen molar-refractivity contribution in [2.24, 2.45) is 4.99 Å². The maximum atomic E-state index is 12.7. The molecule has 1 aromatic heterocycles. The molecule has 0 aliphatic carbocycles. The van der Waals surface area contributed by atoms with Gasteiger partial charge in [0, 0.05) is 11.6 Å². The van der Waals surface area contributed by atoms with Gasteiger partial charge in [0.1, 0.15) is 11.5 Å². The molecule has 0 unspecified atom stereocenters. The van der Waals surface area contributed by atoms with E-state index in [2.05, 4.69) is 10.9 Å². The van der Waals surface area contributed by atoms with Gasteiger partial charge in [-0.2, -0.15) is 4.99 Å². The average molecular weight is 439 g/mol. The van der Waals surface area contributed by atoms with Crippen molar-refractivity contribution in [3.63, 3.8) is 0 Å². The predicted octanol–water partition coefficient (Wildman–Crippen LogP) is 3.20. The summed E-state index contributed by atoms with van der Waals surface area (Å²) in [5.41, 5.74) is 1.93. The molecule has 0 saturated heterocycles. The van der Waals surface area contributed by atoms with Crippen LogP contribution in [0.15, 0.2) is 41.4 Å². The number of hydrogen-bond donors (Lipinski definition) is 0. The van der Waals surface area contributed by atoms with Crippen LogP contribution in [-0.4, -0.2) is 37.3 Å². The van der Waals surface area contributed by atoms with Crippen LogP contribution in [-0.2, 0) is 22.5 Å². The second-order valence-electron chi connectivity index (χ2n) is 6.44. The highest BCUT2D eigenvalue weighted by Gasteiger charge is 2.14. The van der Waals surface area contributed by atoms with Crippen molar-refractivity contribution in [1.82, 2.24) is 4.57 Å². The topological polar surface area (TPSA) is 79.1 Å². The number of carbonyl (C=O) groups is 2. The largest absolute Gasteiger partial charge is 0.497 e.